The van der Waals surface area contributed by atoms with Gasteiger partial charge in [0.2, 0.25) is 29.6 Å². The van der Waals surface area contributed by atoms with Crippen LogP contribution in [0.2, 0.25) is 5.02 Å². The maximum atomic E-state index is 17.1. The number of anilines is 2. The van der Waals surface area contributed by atoms with Gasteiger partial charge in [0.15, 0.2) is 5.82 Å². The molecule has 2 fully saturated rings. The molecule has 9 rings (SSSR count). The highest BCUT2D eigenvalue weighted by molar-refractivity contribution is 7.13. The van der Waals surface area contributed by atoms with Crippen LogP contribution in [0.5, 0.6) is 11.5 Å². The summed E-state index contributed by atoms with van der Waals surface area (Å²) in [5.41, 5.74) is 5.29. The third kappa shape index (κ3) is 12.7. The third-order valence-corrected chi connectivity index (χ3v) is 15.7. The second-order valence-electron chi connectivity index (χ2n) is 20.3. The standard InChI is InChI=1S/C58H64ClFN10O9S/c1-7-48(73)68-16-18-69(19-17-68)55-43-29-44(59)51(42-27-39(71)25-36-10-8-9-11-41(36)42)52(60)53(43)64-58(65-55)61-15-14-49(74)67(6)20-21-77-22-23-78-46-26-37(54-35(5)63-32-80-54)12-13-38(46)30-62-56(75)45-28-40(72)31-70(45)57(76)50(33(2)3)47-24-34(4)66-79-47/h7-13,24-27,29,32-33,40,45,50,71-72H,1,14-23,28,30-31H2,2-6H3,(H,62,75)(H,61,64,65)/t40?,45?,50-/m1/s1. The molecule has 0 aliphatic carbocycles. The Kier molecular flexibility index (Phi) is 17.9. The number of ether oxygens (including phenoxy) is 2. The Balaban J connectivity index is 0.811. The fraction of sp³-hybridized carbons (Fsp3) is 0.379. The van der Waals surface area contributed by atoms with Gasteiger partial charge in [0.1, 0.15) is 47.2 Å². The number of likely N-dealkylation sites (N-methyl/N-ethyl adjacent to an activating group) is 1. The molecule has 2 aliphatic heterocycles. The van der Waals surface area contributed by atoms with Crippen LogP contribution in [-0.4, -0.2) is 153 Å². The molecule has 2 aliphatic rings. The number of fused-ring (bicyclic) bond motifs is 2. The van der Waals surface area contributed by atoms with Gasteiger partial charge in [-0.25, -0.2) is 14.4 Å². The number of carbonyl (C=O) groups is 4. The second kappa shape index (κ2) is 25.2. The first-order valence-electron chi connectivity index (χ1n) is 26.5. The Bertz CT molecular complexity index is 3440. The van der Waals surface area contributed by atoms with Crippen LogP contribution in [0.15, 0.2) is 89.4 Å². The molecule has 0 radical (unpaired) electrons. The summed E-state index contributed by atoms with van der Waals surface area (Å²) in [6.45, 7) is 13.7. The van der Waals surface area contributed by atoms with Crippen molar-refractivity contribution in [2.45, 2.75) is 65.1 Å². The minimum Gasteiger partial charge on any atom is -0.508 e. The number of hydrogen-bond donors (Lipinski definition) is 4. The zero-order valence-electron chi connectivity index (χ0n) is 45.2. The lowest BCUT2D eigenvalue weighted by Gasteiger charge is -2.35. The number of piperazine rings is 1. The minimum absolute atomic E-state index is 0.0124. The molecule has 80 heavy (non-hydrogen) atoms. The van der Waals surface area contributed by atoms with E-state index in [2.05, 4.69) is 32.3 Å². The largest absolute Gasteiger partial charge is 0.508 e. The van der Waals surface area contributed by atoms with E-state index < -0.39 is 29.8 Å². The molecular weight excluding hydrogens is 1070 g/mol. The average molecular weight is 1130 g/mol. The molecule has 2 unspecified atom stereocenters. The summed E-state index contributed by atoms with van der Waals surface area (Å²) < 4.78 is 34.8. The molecule has 0 spiro atoms. The minimum atomic E-state index is -0.899. The zero-order chi connectivity index (χ0) is 56.8. The maximum absolute atomic E-state index is 17.1. The van der Waals surface area contributed by atoms with Gasteiger partial charge in [-0.1, -0.05) is 73.6 Å². The summed E-state index contributed by atoms with van der Waals surface area (Å²) in [5, 5.41) is 33.3. The maximum Gasteiger partial charge on any atom is 0.246 e. The Morgan fingerprint density at radius 2 is 1.80 bits per heavy atom. The Morgan fingerprint density at radius 3 is 2.52 bits per heavy atom. The first-order chi connectivity index (χ1) is 38.5. The van der Waals surface area contributed by atoms with Crippen molar-refractivity contribution in [3.8, 4) is 33.1 Å². The van der Waals surface area contributed by atoms with Crippen LogP contribution in [0.4, 0.5) is 16.2 Å². The molecule has 3 aromatic heterocycles. The van der Waals surface area contributed by atoms with Crippen LogP contribution < -0.4 is 20.3 Å². The number of β-amino-alcohol motifs (C(OH)–C–C–N with tert-alkyl or cyclic N) is 1. The van der Waals surface area contributed by atoms with Crippen molar-refractivity contribution in [3.05, 3.63) is 118 Å². The van der Waals surface area contributed by atoms with Gasteiger partial charge in [-0.15, -0.1) is 11.3 Å². The summed E-state index contributed by atoms with van der Waals surface area (Å²) in [6.07, 6.45) is 0.536. The molecule has 0 saturated carbocycles. The number of aryl methyl sites for hydroxylation is 2. The number of rotatable bonds is 21. The number of nitrogens with zero attached hydrogens (tertiary/aromatic N) is 8. The van der Waals surface area contributed by atoms with Crippen molar-refractivity contribution in [2.75, 3.05) is 82.9 Å². The van der Waals surface area contributed by atoms with Crippen molar-refractivity contribution in [1.29, 1.82) is 0 Å². The zero-order valence-corrected chi connectivity index (χ0v) is 46.8. The fourth-order valence-electron chi connectivity index (χ4n) is 10.2. The molecule has 0 bridgehead atoms. The highest BCUT2D eigenvalue weighted by Crippen LogP contribution is 2.43. The molecule has 4 N–H and O–H groups in total. The number of aromatic hydroxyl groups is 1. The predicted molar refractivity (Wildman–Crippen MR) is 304 cm³/mol. The number of likely N-dealkylation sites (tertiary alicyclic amines) is 1. The molecule has 2 saturated heterocycles. The van der Waals surface area contributed by atoms with Crippen molar-refractivity contribution < 1.29 is 47.8 Å². The van der Waals surface area contributed by atoms with E-state index >= 15 is 4.39 Å². The Labute approximate surface area is 471 Å². The number of aliphatic hydroxyl groups excluding tert-OH is 1. The van der Waals surface area contributed by atoms with Gasteiger partial charge in [-0.05, 0) is 72.0 Å². The van der Waals surface area contributed by atoms with Crippen molar-refractivity contribution in [1.82, 2.24) is 40.1 Å². The number of benzene rings is 4. The molecule has 4 amide bonds. The first kappa shape index (κ1) is 57.0. The number of phenolic OH excluding ortho intramolecular Hbond substituents is 1. The fourth-order valence-corrected chi connectivity index (χ4v) is 11.3. The molecule has 7 aromatic rings. The van der Waals surface area contributed by atoms with E-state index in [0.717, 1.165) is 16.1 Å². The summed E-state index contributed by atoms with van der Waals surface area (Å²) in [6, 6.07) is 18.5. The number of halogens is 2. The number of nitrogens with one attached hydrogen (secondary N) is 2. The summed E-state index contributed by atoms with van der Waals surface area (Å²) >= 11 is 8.41. The number of aromatic nitrogens is 4. The van der Waals surface area contributed by atoms with Gasteiger partial charge >= 0.3 is 0 Å². The lowest BCUT2D eigenvalue weighted by Crippen LogP contribution is -2.48. The van der Waals surface area contributed by atoms with Crippen LogP contribution in [0.1, 0.15) is 55.3 Å². The first-order valence-corrected chi connectivity index (χ1v) is 27.7. The van der Waals surface area contributed by atoms with Gasteiger partial charge in [-0.2, -0.15) is 4.98 Å². The molecule has 22 heteroatoms. The van der Waals surface area contributed by atoms with E-state index in [-0.39, 0.29) is 110 Å². The van der Waals surface area contributed by atoms with Crippen molar-refractivity contribution >= 4 is 80.0 Å². The monoisotopic (exact) mass is 1130 g/mol. The smallest absolute Gasteiger partial charge is 0.246 e. The van der Waals surface area contributed by atoms with Crippen LogP contribution in [-0.2, 0) is 30.5 Å². The molecule has 420 valence electrons. The lowest BCUT2D eigenvalue weighted by molar-refractivity contribution is -0.141. The van der Waals surface area contributed by atoms with E-state index in [4.69, 9.17) is 30.6 Å². The molecule has 3 atom stereocenters. The van der Waals surface area contributed by atoms with E-state index in [1.807, 2.05) is 68.1 Å². The third-order valence-electron chi connectivity index (χ3n) is 14.4. The second-order valence-corrected chi connectivity index (χ2v) is 21.6. The number of amides is 4. The van der Waals surface area contributed by atoms with Crippen molar-refractivity contribution in [3.63, 3.8) is 0 Å². The Morgan fingerprint density at radius 1 is 1.01 bits per heavy atom. The Hall–Kier alpha value is -7.72. The van der Waals surface area contributed by atoms with Gasteiger partial charge in [0.05, 0.1) is 46.1 Å². The quantitative estimate of drug-likeness (QED) is 0.0396. The highest BCUT2D eigenvalue weighted by Gasteiger charge is 2.43. The van der Waals surface area contributed by atoms with Crippen LogP contribution in [0.25, 0.3) is 43.2 Å². The lowest BCUT2D eigenvalue weighted by atomic mass is 9.91. The number of thiazole rings is 1. The predicted octanol–water partition coefficient (Wildman–Crippen LogP) is 7.88. The highest BCUT2D eigenvalue weighted by atomic mass is 35.5. The topological polar surface area (TPSA) is 229 Å². The summed E-state index contributed by atoms with van der Waals surface area (Å²) in [4.78, 5) is 75.1. The van der Waals surface area contributed by atoms with Crippen molar-refractivity contribution in [2.24, 2.45) is 5.92 Å². The van der Waals surface area contributed by atoms with Crippen LogP contribution in [0, 0.1) is 25.6 Å². The van der Waals surface area contributed by atoms with Crippen LogP contribution in [0.3, 0.4) is 0 Å². The normalized spacial score (nSPS) is 15.9. The van der Waals surface area contributed by atoms with E-state index in [1.165, 1.54) is 28.4 Å². The molecule has 5 heterocycles. The van der Waals surface area contributed by atoms with E-state index in [9.17, 15) is 29.4 Å². The van der Waals surface area contributed by atoms with E-state index in [0.29, 0.717) is 76.5 Å². The number of aliphatic hydroxyl groups is 1. The number of hydrogen-bond acceptors (Lipinski definition) is 16. The number of phenols is 1. The van der Waals surface area contributed by atoms with Gasteiger partial charge in [-0.3, -0.25) is 19.2 Å². The average Bonchev–Trinajstić information content (AvgIpc) is 4.32. The molecule has 4 aromatic carbocycles. The SMILES string of the molecule is C=CC(=O)N1CCN(c2nc(NCCC(=O)N(C)CCOCCOc3cc(-c4scnc4C)ccc3CNC(=O)C3CC(O)CN3C(=O)[C@@H](c3cc(C)no3)C(C)C)nc3c(F)c(-c4cc(O)cc5ccccc45)c(Cl)cc23)CC1. The van der Waals surface area contributed by atoms with Gasteiger partial charge < -0.3 is 54.4 Å². The molecule has 19 nitrogen and oxygen atoms in total. The molecular formula is C58H64ClFN10O9S. The summed E-state index contributed by atoms with van der Waals surface area (Å²) in [7, 11) is 1.67. The summed E-state index contributed by atoms with van der Waals surface area (Å²) in [5.74, 6) is -1.28. The number of carbonyl (C=O) groups excluding carboxylic acids is 4. The van der Waals surface area contributed by atoms with E-state index in [1.54, 1.807) is 47.5 Å². The van der Waals surface area contributed by atoms with Gasteiger partial charge in [0, 0.05) is 94.8 Å². The van der Waals surface area contributed by atoms with Gasteiger partial charge in [0.25, 0.3) is 0 Å². The van der Waals surface area contributed by atoms with Crippen LogP contribution >= 0.6 is 22.9 Å².